The van der Waals surface area contributed by atoms with Crippen molar-refractivity contribution in [3.8, 4) is 0 Å². The summed E-state index contributed by atoms with van der Waals surface area (Å²) in [5, 5.41) is 3.08. The normalized spacial score (nSPS) is 15.5. The molecule has 0 bridgehead atoms. The van der Waals surface area contributed by atoms with Gasteiger partial charge in [0.15, 0.2) is 0 Å². The minimum absolute atomic E-state index is 0.0213. The number of hydrogen-bond acceptors (Lipinski definition) is 3. The molecule has 0 unspecified atom stereocenters. The van der Waals surface area contributed by atoms with E-state index in [1.807, 2.05) is 18.2 Å². The lowest BCUT2D eigenvalue weighted by Crippen LogP contribution is -2.24. The zero-order valence-electron chi connectivity index (χ0n) is 16.6. The van der Waals surface area contributed by atoms with Crippen LogP contribution in [0, 0.1) is 0 Å². The second-order valence-corrected chi connectivity index (χ2v) is 9.45. The molecule has 5 heteroatoms. The van der Waals surface area contributed by atoms with Gasteiger partial charge in [0.25, 0.3) is 5.91 Å². The highest BCUT2D eigenvalue weighted by Crippen LogP contribution is 2.41. The summed E-state index contributed by atoms with van der Waals surface area (Å²) in [6, 6.07) is 12.2. The fourth-order valence-corrected chi connectivity index (χ4v) is 5.18. The fraction of sp³-hybridized carbons (Fsp3) is 0.333. The van der Waals surface area contributed by atoms with Crippen LogP contribution in [-0.2, 0) is 0 Å². The van der Waals surface area contributed by atoms with Crippen LogP contribution in [0.5, 0.6) is 0 Å². The largest absolute Gasteiger partial charge is 0.352 e. The maximum absolute atomic E-state index is 12.7. The average molecular weight is 469 g/mol. The highest BCUT2D eigenvalue weighted by atomic mass is 79.9. The number of carbonyl (C=O) groups is 1. The topological polar surface area (TPSA) is 41.5 Å². The molecule has 3 nitrogen and oxygen atoms in total. The predicted octanol–water partition coefficient (Wildman–Crippen LogP) is 7.06. The third kappa shape index (κ3) is 4.84. The number of nitrogens with zero attached hydrogens (tertiary/aromatic N) is 1. The van der Waals surface area contributed by atoms with Crippen molar-refractivity contribution >= 4 is 45.0 Å². The zero-order valence-corrected chi connectivity index (χ0v) is 19.0. The van der Waals surface area contributed by atoms with Gasteiger partial charge in [0, 0.05) is 37.6 Å². The molecule has 2 aliphatic rings. The van der Waals surface area contributed by atoms with Gasteiger partial charge in [-0.15, -0.1) is 0 Å². The lowest BCUT2D eigenvalue weighted by molar-refractivity contribution is 0.0954. The SMILES string of the molecule is CCC1=Nc2cc(C(=O)NCCC3=CCCCC3)ccc2Sc2ccc(Br)cc21. The van der Waals surface area contributed by atoms with Gasteiger partial charge in [0.2, 0.25) is 0 Å². The molecule has 1 aliphatic carbocycles. The number of benzene rings is 2. The van der Waals surface area contributed by atoms with Crippen LogP contribution < -0.4 is 5.32 Å². The molecule has 1 heterocycles. The van der Waals surface area contributed by atoms with Crippen LogP contribution in [-0.4, -0.2) is 18.2 Å². The van der Waals surface area contributed by atoms with Gasteiger partial charge in [0.05, 0.1) is 5.69 Å². The first-order valence-electron chi connectivity index (χ1n) is 10.3. The Hall–Kier alpha value is -1.85. The summed E-state index contributed by atoms with van der Waals surface area (Å²) in [5.74, 6) is -0.0213. The lowest BCUT2D eigenvalue weighted by atomic mass is 9.97. The number of aliphatic imine (C=N–C) groups is 1. The second kappa shape index (κ2) is 9.31. The molecule has 0 atom stereocenters. The highest BCUT2D eigenvalue weighted by Gasteiger charge is 2.18. The first kappa shape index (κ1) is 20.4. The number of fused-ring (bicyclic) bond motifs is 2. The third-order valence-electron chi connectivity index (χ3n) is 5.40. The summed E-state index contributed by atoms with van der Waals surface area (Å²) in [6.45, 7) is 2.81. The molecular formula is C24H25BrN2OS. The van der Waals surface area contributed by atoms with E-state index in [0.29, 0.717) is 12.1 Å². The Kier molecular flexibility index (Phi) is 6.56. The van der Waals surface area contributed by atoms with E-state index < -0.39 is 0 Å². The molecule has 0 spiro atoms. The quantitative estimate of drug-likeness (QED) is 0.476. The Morgan fingerprint density at radius 1 is 1.17 bits per heavy atom. The average Bonchev–Trinajstić information content (AvgIpc) is 2.90. The van der Waals surface area contributed by atoms with E-state index in [-0.39, 0.29) is 5.91 Å². The van der Waals surface area contributed by atoms with Gasteiger partial charge < -0.3 is 5.32 Å². The minimum atomic E-state index is -0.0213. The molecule has 2 aromatic rings. The van der Waals surface area contributed by atoms with Crippen molar-refractivity contribution in [2.75, 3.05) is 6.54 Å². The summed E-state index contributed by atoms with van der Waals surface area (Å²) < 4.78 is 1.05. The van der Waals surface area contributed by atoms with Crippen LogP contribution in [0.4, 0.5) is 5.69 Å². The first-order chi connectivity index (χ1) is 14.1. The molecule has 29 heavy (non-hydrogen) atoms. The molecular weight excluding hydrogens is 444 g/mol. The standard InChI is InChI=1S/C24H25BrN2OS/c1-2-20-19-15-18(25)9-11-22(19)29-23-10-8-17(14-21(23)27-20)24(28)26-13-12-16-6-4-3-5-7-16/h6,8-11,14-15H,2-5,7,12-13H2,1H3,(H,26,28). The van der Waals surface area contributed by atoms with Crippen molar-refractivity contribution in [1.82, 2.24) is 5.32 Å². The number of rotatable bonds is 5. The number of amides is 1. The van der Waals surface area contributed by atoms with Gasteiger partial charge in [-0.3, -0.25) is 9.79 Å². The summed E-state index contributed by atoms with van der Waals surface area (Å²) in [5.41, 5.74) is 5.25. The molecule has 0 saturated carbocycles. The van der Waals surface area contributed by atoms with Crippen molar-refractivity contribution in [2.24, 2.45) is 4.99 Å². The Bertz CT molecular complexity index is 996. The summed E-state index contributed by atoms with van der Waals surface area (Å²) in [4.78, 5) is 19.9. The van der Waals surface area contributed by atoms with Crippen LogP contribution in [0.15, 0.2) is 67.3 Å². The van der Waals surface area contributed by atoms with Crippen LogP contribution >= 0.6 is 27.7 Å². The van der Waals surface area contributed by atoms with E-state index >= 15 is 0 Å². The first-order valence-corrected chi connectivity index (χ1v) is 11.9. The molecule has 150 valence electrons. The van der Waals surface area contributed by atoms with E-state index in [0.717, 1.165) is 39.2 Å². The van der Waals surface area contributed by atoms with Crippen molar-refractivity contribution in [3.63, 3.8) is 0 Å². The van der Waals surface area contributed by atoms with E-state index in [9.17, 15) is 4.79 Å². The third-order valence-corrected chi connectivity index (χ3v) is 7.03. The van der Waals surface area contributed by atoms with Gasteiger partial charge in [-0.2, -0.15) is 0 Å². The lowest BCUT2D eigenvalue weighted by Gasteiger charge is -2.13. The van der Waals surface area contributed by atoms with Gasteiger partial charge in [-0.05, 0) is 74.9 Å². The van der Waals surface area contributed by atoms with Crippen LogP contribution in [0.25, 0.3) is 0 Å². The Morgan fingerprint density at radius 2 is 2.03 bits per heavy atom. The summed E-state index contributed by atoms with van der Waals surface area (Å²) in [6.07, 6.45) is 9.07. The molecule has 0 saturated heterocycles. The fourth-order valence-electron chi connectivity index (χ4n) is 3.81. The second-order valence-electron chi connectivity index (χ2n) is 7.45. The molecule has 1 N–H and O–H groups in total. The van der Waals surface area contributed by atoms with Gasteiger partial charge in [0.1, 0.15) is 0 Å². The summed E-state index contributed by atoms with van der Waals surface area (Å²) >= 11 is 5.28. The maximum atomic E-state index is 12.7. The van der Waals surface area contributed by atoms with Crippen LogP contribution in [0.1, 0.15) is 61.4 Å². The molecule has 1 amide bonds. The van der Waals surface area contributed by atoms with Gasteiger partial charge in [-0.1, -0.05) is 46.3 Å². The predicted molar refractivity (Wildman–Crippen MR) is 125 cm³/mol. The van der Waals surface area contributed by atoms with E-state index in [1.165, 1.54) is 36.2 Å². The number of halogens is 1. The number of allylic oxidation sites excluding steroid dienone is 1. The molecule has 1 aliphatic heterocycles. The van der Waals surface area contributed by atoms with E-state index in [2.05, 4.69) is 52.4 Å². The van der Waals surface area contributed by atoms with Gasteiger partial charge in [-0.25, -0.2) is 0 Å². The monoisotopic (exact) mass is 468 g/mol. The van der Waals surface area contributed by atoms with Gasteiger partial charge >= 0.3 is 0 Å². The number of nitrogens with one attached hydrogen (secondary N) is 1. The van der Waals surface area contributed by atoms with Crippen molar-refractivity contribution in [3.05, 3.63) is 63.6 Å². The van der Waals surface area contributed by atoms with E-state index in [4.69, 9.17) is 4.99 Å². The Labute approximate surface area is 185 Å². The Balaban J connectivity index is 1.52. The van der Waals surface area contributed by atoms with Crippen molar-refractivity contribution in [2.45, 2.75) is 55.2 Å². The molecule has 0 aromatic heterocycles. The highest BCUT2D eigenvalue weighted by molar-refractivity contribution is 9.10. The zero-order chi connectivity index (χ0) is 20.2. The minimum Gasteiger partial charge on any atom is -0.352 e. The smallest absolute Gasteiger partial charge is 0.251 e. The Morgan fingerprint density at radius 3 is 2.83 bits per heavy atom. The van der Waals surface area contributed by atoms with E-state index in [1.54, 1.807) is 11.8 Å². The molecule has 2 aromatic carbocycles. The maximum Gasteiger partial charge on any atom is 0.251 e. The molecule has 0 fully saturated rings. The molecule has 0 radical (unpaired) electrons. The number of carbonyl (C=O) groups excluding carboxylic acids is 1. The molecule has 4 rings (SSSR count). The van der Waals surface area contributed by atoms with Crippen LogP contribution in [0.2, 0.25) is 0 Å². The van der Waals surface area contributed by atoms with Crippen molar-refractivity contribution in [1.29, 1.82) is 0 Å². The van der Waals surface area contributed by atoms with Crippen LogP contribution in [0.3, 0.4) is 0 Å². The number of hydrogen-bond donors (Lipinski definition) is 1. The summed E-state index contributed by atoms with van der Waals surface area (Å²) in [7, 11) is 0. The van der Waals surface area contributed by atoms with Crippen molar-refractivity contribution < 1.29 is 4.79 Å².